The molecule has 1 aromatic carbocycles. The second-order valence-corrected chi connectivity index (χ2v) is 3.07. The third-order valence-corrected chi connectivity index (χ3v) is 2.21. The lowest BCUT2D eigenvalue weighted by molar-refractivity contribution is -0.122. The minimum absolute atomic E-state index is 0.00458. The molecule has 1 aromatic rings. The monoisotopic (exact) mass is 177 g/mol. The maximum atomic E-state index is 11.4. The van der Waals surface area contributed by atoms with E-state index in [1.807, 2.05) is 24.3 Å². The minimum atomic E-state index is 0.00458. The van der Waals surface area contributed by atoms with E-state index >= 15 is 0 Å². The van der Waals surface area contributed by atoms with Crippen molar-refractivity contribution in [1.82, 2.24) is 0 Å². The number of hydrogen-bond acceptors (Lipinski definition) is 2. The molecule has 0 bridgehead atoms. The van der Waals surface area contributed by atoms with Crippen molar-refractivity contribution in [3.63, 3.8) is 0 Å². The Bertz CT molecular complexity index is 335. The fraction of sp³-hybridized carbons (Fsp3) is 0.300. The number of rotatable bonds is 0. The van der Waals surface area contributed by atoms with Crippen LogP contribution in [0, 0.1) is 0 Å². The maximum absolute atomic E-state index is 11.4. The number of para-hydroxylation sites is 1. The smallest absolute Gasteiger partial charge is 0.252 e. The summed E-state index contributed by atoms with van der Waals surface area (Å²) in [6, 6.07) is 7.78. The Balaban J connectivity index is 2.46. The summed E-state index contributed by atoms with van der Waals surface area (Å²) in [5.74, 6) is 0.00458. The van der Waals surface area contributed by atoms with Gasteiger partial charge in [-0.15, -0.1) is 0 Å². The Morgan fingerprint density at radius 2 is 2.08 bits per heavy atom. The van der Waals surface area contributed by atoms with Gasteiger partial charge in [0, 0.05) is 18.3 Å². The minimum Gasteiger partial charge on any atom is -0.367 e. The van der Waals surface area contributed by atoms with Gasteiger partial charge in [-0.05, 0) is 6.07 Å². The molecular formula is C10H11NO2. The van der Waals surface area contributed by atoms with E-state index in [1.54, 1.807) is 11.9 Å². The van der Waals surface area contributed by atoms with Gasteiger partial charge in [0.25, 0.3) is 5.91 Å². The molecular weight excluding hydrogens is 166 g/mol. The van der Waals surface area contributed by atoms with Gasteiger partial charge in [-0.1, -0.05) is 18.2 Å². The number of fused-ring (bicyclic) bond motifs is 1. The molecule has 0 N–H and O–H groups in total. The number of amides is 1. The van der Waals surface area contributed by atoms with Crippen molar-refractivity contribution in [2.45, 2.75) is 6.61 Å². The SMILES string of the molecule is CN1C(=O)COCc2ccccc21. The van der Waals surface area contributed by atoms with Crippen molar-refractivity contribution in [1.29, 1.82) is 0 Å². The van der Waals surface area contributed by atoms with Crippen molar-refractivity contribution >= 4 is 11.6 Å². The summed E-state index contributed by atoms with van der Waals surface area (Å²) in [5.41, 5.74) is 2.01. The molecule has 0 spiro atoms. The van der Waals surface area contributed by atoms with E-state index in [9.17, 15) is 4.79 Å². The van der Waals surface area contributed by atoms with Crippen LogP contribution in [0.3, 0.4) is 0 Å². The Morgan fingerprint density at radius 1 is 1.31 bits per heavy atom. The fourth-order valence-electron chi connectivity index (χ4n) is 1.44. The maximum Gasteiger partial charge on any atom is 0.252 e. The lowest BCUT2D eigenvalue weighted by Crippen LogP contribution is -2.28. The molecule has 0 atom stereocenters. The lowest BCUT2D eigenvalue weighted by atomic mass is 10.2. The van der Waals surface area contributed by atoms with Crippen LogP contribution in [-0.2, 0) is 16.1 Å². The largest absolute Gasteiger partial charge is 0.367 e. The second kappa shape index (κ2) is 3.18. The van der Waals surface area contributed by atoms with Crippen molar-refractivity contribution in [2.24, 2.45) is 0 Å². The van der Waals surface area contributed by atoms with E-state index in [4.69, 9.17) is 4.74 Å². The third kappa shape index (κ3) is 1.42. The van der Waals surface area contributed by atoms with E-state index < -0.39 is 0 Å². The van der Waals surface area contributed by atoms with Gasteiger partial charge in [-0.3, -0.25) is 4.79 Å². The molecule has 0 aliphatic carbocycles. The van der Waals surface area contributed by atoms with Crippen LogP contribution in [-0.4, -0.2) is 19.6 Å². The normalized spacial score (nSPS) is 16.7. The first kappa shape index (κ1) is 8.26. The standard InChI is InChI=1S/C10H11NO2/c1-11-9-5-3-2-4-8(9)6-13-7-10(11)12/h2-5H,6-7H2,1H3. The quantitative estimate of drug-likeness (QED) is 0.595. The Hall–Kier alpha value is -1.35. The topological polar surface area (TPSA) is 29.5 Å². The number of carbonyl (C=O) groups is 1. The van der Waals surface area contributed by atoms with Gasteiger partial charge in [0.2, 0.25) is 0 Å². The Kier molecular flexibility index (Phi) is 2.02. The third-order valence-electron chi connectivity index (χ3n) is 2.21. The van der Waals surface area contributed by atoms with Crippen LogP contribution in [0.4, 0.5) is 5.69 Å². The van der Waals surface area contributed by atoms with Crippen LogP contribution in [0.5, 0.6) is 0 Å². The lowest BCUT2D eigenvalue weighted by Gasteiger charge is -2.15. The molecule has 0 aromatic heterocycles. The summed E-state index contributed by atoms with van der Waals surface area (Å²) < 4.78 is 5.21. The highest BCUT2D eigenvalue weighted by molar-refractivity contribution is 5.94. The van der Waals surface area contributed by atoms with Crippen LogP contribution >= 0.6 is 0 Å². The zero-order chi connectivity index (χ0) is 9.26. The van der Waals surface area contributed by atoms with Crippen LogP contribution in [0.2, 0.25) is 0 Å². The van der Waals surface area contributed by atoms with E-state index in [2.05, 4.69) is 0 Å². The molecule has 0 saturated heterocycles. The Labute approximate surface area is 76.9 Å². The molecule has 1 aliphatic rings. The van der Waals surface area contributed by atoms with Gasteiger partial charge in [0.05, 0.1) is 6.61 Å². The van der Waals surface area contributed by atoms with Crippen molar-refractivity contribution in [3.8, 4) is 0 Å². The molecule has 68 valence electrons. The van der Waals surface area contributed by atoms with Gasteiger partial charge in [-0.2, -0.15) is 0 Å². The molecule has 0 fully saturated rings. The van der Waals surface area contributed by atoms with Gasteiger partial charge in [0.15, 0.2) is 0 Å². The van der Waals surface area contributed by atoms with Crippen LogP contribution in [0.15, 0.2) is 24.3 Å². The molecule has 3 heteroatoms. The molecule has 13 heavy (non-hydrogen) atoms. The van der Waals surface area contributed by atoms with E-state index in [0.29, 0.717) is 6.61 Å². The number of ether oxygens (including phenoxy) is 1. The predicted molar refractivity (Wildman–Crippen MR) is 49.5 cm³/mol. The molecule has 0 saturated carbocycles. The molecule has 3 nitrogen and oxygen atoms in total. The van der Waals surface area contributed by atoms with Crippen LogP contribution < -0.4 is 4.90 Å². The summed E-state index contributed by atoms with van der Waals surface area (Å²) >= 11 is 0. The van der Waals surface area contributed by atoms with Crippen molar-refractivity contribution < 1.29 is 9.53 Å². The second-order valence-electron chi connectivity index (χ2n) is 3.07. The predicted octanol–water partition coefficient (Wildman–Crippen LogP) is 1.18. The molecule has 2 rings (SSSR count). The van der Waals surface area contributed by atoms with Gasteiger partial charge >= 0.3 is 0 Å². The van der Waals surface area contributed by atoms with Gasteiger partial charge < -0.3 is 9.64 Å². The number of anilines is 1. The molecule has 1 aliphatic heterocycles. The Morgan fingerprint density at radius 3 is 2.92 bits per heavy atom. The summed E-state index contributed by atoms with van der Waals surface area (Å²) in [6.07, 6.45) is 0. The average Bonchev–Trinajstić information content (AvgIpc) is 2.29. The number of carbonyl (C=O) groups excluding carboxylic acids is 1. The number of benzene rings is 1. The zero-order valence-corrected chi connectivity index (χ0v) is 7.49. The van der Waals surface area contributed by atoms with Crippen molar-refractivity contribution in [3.05, 3.63) is 29.8 Å². The first-order valence-corrected chi connectivity index (χ1v) is 4.21. The van der Waals surface area contributed by atoms with Crippen LogP contribution in [0.1, 0.15) is 5.56 Å². The highest BCUT2D eigenvalue weighted by Gasteiger charge is 2.17. The average molecular weight is 177 g/mol. The summed E-state index contributed by atoms with van der Waals surface area (Å²) in [6.45, 7) is 0.692. The summed E-state index contributed by atoms with van der Waals surface area (Å²) in [5, 5.41) is 0. The number of hydrogen-bond donors (Lipinski definition) is 0. The molecule has 0 radical (unpaired) electrons. The highest BCUT2D eigenvalue weighted by Crippen LogP contribution is 2.22. The molecule has 1 amide bonds. The van der Waals surface area contributed by atoms with Crippen molar-refractivity contribution in [2.75, 3.05) is 18.6 Å². The molecule has 1 heterocycles. The first-order valence-electron chi connectivity index (χ1n) is 4.21. The van der Waals surface area contributed by atoms with Gasteiger partial charge in [-0.25, -0.2) is 0 Å². The highest BCUT2D eigenvalue weighted by atomic mass is 16.5. The van der Waals surface area contributed by atoms with E-state index in [-0.39, 0.29) is 12.5 Å². The fourth-order valence-corrected chi connectivity index (χ4v) is 1.44. The number of nitrogens with zero attached hydrogens (tertiary/aromatic N) is 1. The first-order chi connectivity index (χ1) is 6.29. The van der Waals surface area contributed by atoms with E-state index in [0.717, 1.165) is 11.3 Å². The number of likely N-dealkylation sites (N-methyl/N-ethyl adjacent to an activating group) is 1. The summed E-state index contributed by atoms with van der Waals surface area (Å²) in [4.78, 5) is 13.0. The van der Waals surface area contributed by atoms with E-state index in [1.165, 1.54) is 0 Å². The molecule has 0 unspecified atom stereocenters. The van der Waals surface area contributed by atoms with Crippen LogP contribution in [0.25, 0.3) is 0 Å². The summed E-state index contributed by atoms with van der Waals surface area (Å²) in [7, 11) is 1.77. The zero-order valence-electron chi connectivity index (χ0n) is 7.49. The van der Waals surface area contributed by atoms with Gasteiger partial charge in [0.1, 0.15) is 6.61 Å².